The van der Waals surface area contributed by atoms with Gasteiger partial charge in [-0.15, -0.1) is 0 Å². The average molecular weight is 523 g/mol. The van der Waals surface area contributed by atoms with Gasteiger partial charge in [0.15, 0.2) is 0 Å². The first kappa shape index (κ1) is 25.7. The molecule has 0 saturated heterocycles. The molecule has 0 saturated carbocycles. The lowest BCUT2D eigenvalue weighted by atomic mass is 9.85. The summed E-state index contributed by atoms with van der Waals surface area (Å²) in [6.07, 6.45) is 6.97. The molecule has 2 amide bonds. The first-order chi connectivity index (χ1) is 18.7. The summed E-state index contributed by atoms with van der Waals surface area (Å²) in [5.41, 5.74) is 3.76. The van der Waals surface area contributed by atoms with Crippen LogP contribution in [0, 0.1) is 0 Å². The fraction of sp³-hybridized carbons (Fsp3) is 0.200. The highest BCUT2D eigenvalue weighted by Crippen LogP contribution is 2.34. The molecule has 5 rings (SSSR count). The van der Waals surface area contributed by atoms with Crippen molar-refractivity contribution in [2.24, 2.45) is 0 Å². The zero-order valence-corrected chi connectivity index (χ0v) is 22.3. The minimum absolute atomic E-state index is 0.119. The van der Waals surface area contributed by atoms with Crippen LogP contribution in [0.3, 0.4) is 0 Å². The van der Waals surface area contributed by atoms with E-state index in [0.717, 1.165) is 11.1 Å². The third-order valence-electron chi connectivity index (χ3n) is 6.45. The van der Waals surface area contributed by atoms with E-state index >= 15 is 0 Å². The summed E-state index contributed by atoms with van der Waals surface area (Å²) in [6, 6.07) is 16.5. The van der Waals surface area contributed by atoms with Crippen LogP contribution in [0.4, 0.5) is 16.2 Å². The van der Waals surface area contributed by atoms with Crippen LogP contribution in [0.2, 0.25) is 0 Å². The Morgan fingerprint density at radius 2 is 1.90 bits per heavy atom. The summed E-state index contributed by atoms with van der Waals surface area (Å²) >= 11 is 0. The molecular weight excluding hydrogens is 492 g/mol. The van der Waals surface area contributed by atoms with E-state index in [2.05, 4.69) is 46.4 Å². The number of imidazole rings is 1. The van der Waals surface area contributed by atoms with Gasteiger partial charge in [0.2, 0.25) is 0 Å². The quantitative estimate of drug-likeness (QED) is 0.261. The molecule has 198 valence electrons. The first-order valence-electron chi connectivity index (χ1n) is 12.6. The molecule has 2 aromatic carbocycles. The summed E-state index contributed by atoms with van der Waals surface area (Å²) in [7, 11) is 1.58. The van der Waals surface area contributed by atoms with Crippen LogP contribution in [0.5, 0.6) is 5.75 Å². The van der Waals surface area contributed by atoms with Gasteiger partial charge < -0.3 is 24.9 Å². The number of hydrogen-bond acceptors (Lipinski definition) is 5. The normalized spacial score (nSPS) is 11.4. The Bertz CT molecular complexity index is 1700. The van der Waals surface area contributed by atoms with Crippen molar-refractivity contribution in [2.75, 3.05) is 17.7 Å². The smallest absolute Gasteiger partial charge is 0.323 e. The van der Waals surface area contributed by atoms with E-state index in [1.165, 1.54) is 0 Å². The second-order valence-electron chi connectivity index (χ2n) is 10.3. The Balaban J connectivity index is 1.54. The van der Waals surface area contributed by atoms with E-state index in [4.69, 9.17) is 4.74 Å². The Kier molecular flexibility index (Phi) is 6.89. The Hall–Kier alpha value is -4.92. The largest absolute Gasteiger partial charge is 0.497 e. The molecule has 0 radical (unpaired) electrons. The minimum atomic E-state index is -0.529. The van der Waals surface area contributed by atoms with Gasteiger partial charge in [0.1, 0.15) is 17.1 Å². The van der Waals surface area contributed by atoms with E-state index in [-0.39, 0.29) is 11.1 Å². The molecule has 3 aromatic heterocycles. The van der Waals surface area contributed by atoms with Crippen molar-refractivity contribution in [1.29, 1.82) is 0 Å². The minimum Gasteiger partial charge on any atom is -0.497 e. The van der Waals surface area contributed by atoms with Crippen LogP contribution in [-0.2, 0) is 12.0 Å². The summed E-state index contributed by atoms with van der Waals surface area (Å²) in [5, 5.41) is 6.51. The summed E-state index contributed by atoms with van der Waals surface area (Å²) in [5.74, 6) is 0.629. The maximum atomic E-state index is 13.5. The van der Waals surface area contributed by atoms with Crippen molar-refractivity contribution in [3.05, 3.63) is 101 Å². The number of amides is 2. The van der Waals surface area contributed by atoms with Gasteiger partial charge in [-0.3, -0.25) is 4.79 Å². The molecule has 0 aliphatic rings. The number of carbonyl (C=O) groups is 1. The molecule has 0 aliphatic carbocycles. The lowest BCUT2D eigenvalue weighted by Gasteiger charge is -2.24. The maximum Gasteiger partial charge on any atom is 0.323 e. The van der Waals surface area contributed by atoms with E-state index in [0.29, 0.717) is 40.1 Å². The van der Waals surface area contributed by atoms with Crippen molar-refractivity contribution in [1.82, 2.24) is 19.5 Å². The average Bonchev–Trinajstić information content (AvgIpc) is 3.41. The molecule has 0 aliphatic heterocycles. The number of urea groups is 1. The Morgan fingerprint density at radius 1 is 1.05 bits per heavy atom. The molecule has 3 N–H and O–H groups in total. The number of nitrogens with zero attached hydrogens (tertiary/aromatic N) is 3. The Morgan fingerprint density at radius 3 is 2.64 bits per heavy atom. The SMILES string of the molecule is COc1cccc(-c2c(NC(=O)Nc3cc(Cn4ccnc4)ccc3C(C)(C)C)c(=O)[nH]c3ncccc23)c1. The molecule has 0 fully saturated rings. The van der Waals surface area contributed by atoms with Gasteiger partial charge in [-0.1, -0.05) is 45.0 Å². The molecule has 0 atom stereocenters. The summed E-state index contributed by atoms with van der Waals surface area (Å²) in [4.78, 5) is 37.9. The Labute approximate surface area is 225 Å². The van der Waals surface area contributed by atoms with E-state index in [9.17, 15) is 9.59 Å². The molecular formula is C30H30N6O3. The lowest BCUT2D eigenvalue weighted by Crippen LogP contribution is -2.27. The van der Waals surface area contributed by atoms with Crippen LogP contribution < -0.4 is 20.9 Å². The fourth-order valence-corrected chi connectivity index (χ4v) is 4.63. The summed E-state index contributed by atoms with van der Waals surface area (Å²) < 4.78 is 7.36. The highest BCUT2D eigenvalue weighted by atomic mass is 16.5. The van der Waals surface area contributed by atoms with Gasteiger partial charge >= 0.3 is 6.03 Å². The van der Waals surface area contributed by atoms with Gasteiger partial charge in [0.25, 0.3) is 5.56 Å². The standard InChI is InChI=1S/C30H30N6O3/c1-30(2,3)23-11-10-19(17-36-14-13-31-18-36)15-24(23)33-29(38)34-26-25(20-7-5-8-21(16-20)39-4)22-9-6-12-32-27(22)35-28(26)37/h5-16,18H,17H2,1-4H3,(H,32,35,37)(H2,33,34,38). The molecule has 0 unspecified atom stereocenters. The molecule has 0 bridgehead atoms. The monoisotopic (exact) mass is 522 g/mol. The number of nitrogens with one attached hydrogen (secondary N) is 3. The topological polar surface area (TPSA) is 114 Å². The second kappa shape index (κ2) is 10.4. The van der Waals surface area contributed by atoms with Crippen molar-refractivity contribution in [3.8, 4) is 16.9 Å². The van der Waals surface area contributed by atoms with Gasteiger partial charge in [-0.2, -0.15) is 0 Å². The number of pyridine rings is 2. The van der Waals surface area contributed by atoms with Crippen molar-refractivity contribution < 1.29 is 9.53 Å². The number of methoxy groups -OCH3 is 1. The van der Waals surface area contributed by atoms with Gasteiger partial charge in [-0.05, 0) is 52.4 Å². The second-order valence-corrected chi connectivity index (χ2v) is 10.3. The number of fused-ring (bicyclic) bond motifs is 1. The predicted octanol–water partition coefficient (Wildman–Crippen LogP) is 5.79. The van der Waals surface area contributed by atoms with Crippen LogP contribution in [0.25, 0.3) is 22.2 Å². The highest BCUT2D eigenvalue weighted by molar-refractivity contribution is 6.07. The van der Waals surface area contributed by atoms with E-state index < -0.39 is 11.6 Å². The zero-order chi connectivity index (χ0) is 27.6. The van der Waals surface area contributed by atoms with Gasteiger partial charge in [0, 0.05) is 41.8 Å². The molecule has 39 heavy (non-hydrogen) atoms. The van der Waals surface area contributed by atoms with E-state index in [1.807, 2.05) is 59.3 Å². The van der Waals surface area contributed by atoms with Crippen LogP contribution >= 0.6 is 0 Å². The number of benzene rings is 2. The van der Waals surface area contributed by atoms with Crippen LogP contribution in [0.1, 0.15) is 31.9 Å². The number of aromatic nitrogens is 4. The lowest BCUT2D eigenvalue weighted by molar-refractivity contribution is 0.262. The first-order valence-corrected chi connectivity index (χ1v) is 12.6. The number of H-pyrrole nitrogens is 1. The van der Waals surface area contributed by atoms with Crippen molar-refractivity contribution >= 4 is 28.4 Å². The molecule has 5 aromatic rings. The predicted molar refractivity (Wildman–Crippen MR) is 153 cm³/mol. The molecule has 9 nitrogen and oxygen atoms in total. The number of anilines is 2. The third-order valence-corrected chi connectivity index (χ3v) is 6.45. The zero-order valence-electron chi connectivity index (χ0n) is 22.3. The van der Waals surface area contributed by atoms with Crippen LogP contribution in [0.15, 0.2) is 84.3 Å². The number of rotatable bonds is 6. The number of ether oxygens (including phenoxy) is 1. The van der Waals surface area contributed by atoms with E-state index in [1.54, 1.807) is 31.9 Å². The van der Waals surface area contributed by atoms with Crippen molar-refractivity contribution in [3.63, 3.8) is 0 Å². The summed E-state index contributed by atoms with van der Waals surface area (Å²) in [6.45, 7) is 6.87. The highest BCUT2D eigenvalue weighted by Gasteiger charge is 2.22. The third kappa shape index (κ3) is 5.52. The number of hydrogen-bond donors (Lipinski definition) is 3. The fourth-order valence-electron chi connectivity index (χ4n) is 4.63. The van der Waals surface area contributed by atoms with Crippen molar-refractivity contribution in [2.45, 2.75) is 32.7 Å². The molecule has 3 heterocycles. The number of aromatic amines is 1. The van der Waals surface area contributed by atoms with Gasteiger partial charge in [0.05, 0.1) is 13.4 Å². The van der Waals surface area contributed by atoms with Crippen LogP contribution in [-0.4, -0.2) is 32.7 Å². The van der Waals surface area contributed by atoms with Gasteiger partial charge in [-0.25, -0.2) is 14.8 Å². The molecule has 0 spiro atoms. The number of carbonyl (C=O) groups excluding carboxylic acids is 1. The maximum absolute atomic E-state index is 13.5. The molecule has 9 heteroatoms.